The summed E-state index contributed by atoms with van der Waals surface area (Å²) in [4.78, 5) is 17.5. The number of aromatic nitrogens is 1. The minimum Gasteiger partial charge on any atom is -0.491 e. The summed E-state index contributed by atoms with van der Waals surface area (Å²) in [6.45, 7) is 4.65. The largest absolute Gasteiger partial charge is 0.491 e. The van der Waals surface area contributed by atoms with Crippen LogP contribution >= 0.6 is 0 Å². The van der Waals surface area contributed by atoms with E-state index in [0.29, 0.717) is 13.0 Å². The number of carbonyl (C=O) groups excluding carboxylic acids is 1. The number of nitrogens with zero attached hydrogens (tertiary/aromatic N) is 2. The standard InChI is InChI=1S/C39H42N4O3/c1-25-32(22-41-23-35(25)46-24-26-9-4-3-5-10-26)30-12-8-14-34-37(30)31-11-6-7-13-33(31)43(34)28-19-20-39(2,38(40)45)36(21-28)42-27-15-17-29(44)18-16-27/h3-14,19,21-23,25,27,29,32,42,44H,15-18,20,24H2,1-2H3,(H2,40,45). The van der Waals surface area contributed by atoms with Gasteiger partial charge in [-0.3, -0.25) is 9.79 Å². The van der Waals surface area contributed by atoms with E-state index in [2.05, 4.69) is 88.5 Å². The topological polar surface area (TPSA) is 102 Å². The molecular weight excluding hydrogens is 572 g/mol. The molecule has 0 saturated heterocycles. The number of hydrogen-bond donors (Lipinski definition) is 3. The Kier molecular flexibility index (Phi) is 8.03. The summed E-state index contributed by atoms with van der Waals surface area (Å²) < 4.78 is 8.63. The fourth-order valence-electron chi connectivity index (χ4n) is 7.31. The minimum atomic E-state index is -0.833. The molecule has 2 heterocycles. The van der Waals surface area contributed by atoms with Gasteiger partial charge in [-0.15, -0.1) is 0 Å². The molecule has 1 amide bonds. The molecule has 3 atom stereocenters. The molecule has 1 aromatic heterocycles. The second-order valence-corrected chi connectivity index (χ2v) is 13.2. The van der Waals surface area contributed by atoms with Gasteiger partial charge < -0.3 is 25.5 Å². The lowest BCUT2D eigenvalue weighted by Gasteiger charge is -2.37. The summed E-state index contributed by atoms with van der Waals surface area (Å²) in [5, 5.41) is 16.1. The number of nitrogens with one attached hydrogen (secondary N) is 1. The van der Waals surface area contributed by atoms with Gasteiger partial charge in [-0.25, -0.2) is 0 Å². The molecule has 46 heavy (non-hydrogen) atoms. The maximum atomic E-state index is 12.8. The molecule has 236 valence electrons. The second kappa shape index (κ2) is 12.3. The maximum absolute atomic E-state index is 12.8. The Labute approximate surface area is 270 Å². The van der Waals surface area contributed by atoms with Crippen LogP contribution in [0.2, 0.25) is 0 Å². The Hall–Kier alpha value is -4.62. The van der Waals surface area contributed by atoms with Crippen LogP contribution < -0.4 is 11.1 Å². The molecule has 1 fully saturated rings. The first-order chi connectivity index (χ1) is 22.3. The fourth-order valence-corrected chi connectivity index (χ4v) is 7.31. The number of allylic oxidation sites excluding steroid dienone is 4. The number of benzene rings is 3. The van der Waals surface area contributed by atoms with Gasteiger partial charge in [0.25, 0.3) is 0 Å². The minimum absolute atomic E-state index is 0.0339. The summed E-state index contributed by atoms with van der Waals surface area (Å²) in [6.07, 6.45) is 11.6. The third kappa shape index (κ3) is 5.43. The second-order valence-electron chi connectivity index (χ2n) is 13.2. The molecule has 4 N–H and O–H groups in total. The molecule has 0 spiro atoms. The van der Waals surface area contributed by atoms with Crippen LogP contribution in [0.4, 0.5) is 0 Å². The van der Waals surface area contributed by atoms with Crippen LogP contribution in [0.3, 0.4) is 0 Å². The van der Waals surface area contributed by atoms with Crippen molar-refractivity contribution in [3.8, 4) is 0 Å². The SMILES string of the molecule is CC1C(OCc2ccccc2)=CN=CC1c1cccc2c1c1ccccc1n2C1=CCC(C)(C(N)=O)C(NC2CCC(O)CC2)=C1. The van der Waals surface area contributed by atoms with Gasteiger partial charge in [-0.1, -0.05) is 73.7 Å². The van der Waals surface area contributed by atoms with Crippen molar-refractivity contribution >= 4 is 39.6 Å². The molecule has 0 radical (unpaired) electrons. The zero-order valence-electron chi connectivity index (χ0n) is 26.5. The van der Waals surface area contributed by atoms with Crippen molar-refractivity contribution in [3.63, 3.8) is 0 Å². The van der Waals surface area contributed by atoms with Crippen molar-refractivity contribution in [1.82, 2.24) is 9.88 Å². The van der Waals surface area contributed by atoms with Gasteiger partial charge in [-0.2, -0.15) is 0 Å². The van der Waals surface area contributed by atoms with E-state index in [1.54, 1.807) is 0 Å². The molecule has 7 nitrogen and oxygen atoms in total. The number of amides is 1. The number of aliphatic hydroxyl groups excluding tert-OH is 1. The number of carbonyl (C=O) groups is 1. The summed E-state index contributed by atoms with van der Waals surface area (Å²) >= 11 is 0. The zero-order valence-corrected chi connectivity index (χ0v) is 26.5. The van der Waals surface area contributed by atoms with Gasteiger partial charge in [-0.05, 0) is 68.4 Å². The van der Waals surface area contributed by atoms with Gasteiger partial charge in [0, 0.05) is 46.3 Å². The highest BCUT2D eigenvalue weighted by atomic mass is 16.5. The van der Waals surface area contributed by atoms with E-state index in [1.807, 2.05) is 37.5 Å². The number of rotatable bonds is 8. The average molecular weight is 615 g/mol. The number of nitrogens with two attached hydrogens (primary N) is 1. The van der Waals surface area contributed by atoms with E-state index in [9.17, 15) is 9.90 Å². The van der Waals surface area contributed by atoms with E-state index in [4.69, 9.17) is 10.5 Å². The van der Waals surface area contributed by atoms with Gasteiger partial charge in [0.1, 0.15) is 12.4 Å². The van der Waals surface area contributed by atoms with Crippen molar-refractivity contribution in [2.45, 2.75) is 70.6 Å². The van der Waals surface area contributed by atoms with Crippen LogP contribution in [0.1, 0.15) is 63.0 Å². The highest BCUT2D eigenvalue weighted by Gasteiger charge is 2.39. The lowest BCUT2D eigenvalue weighted by atomic mass is 9.78. The molecule has 3 unspecified atom stereocenters. The molecule has 0 bridgehead atoms. The number of primary amides is 1. The molecule has 3 aromatic carbocycles. The molecule has 7 rings (SSSR count). The van der Waals surface area contributed by atoms with Crippen LogP contribution in [0, 0.1) is 11.3 Å². The van der Waals surface area contributed by atoms with Crippen LogP contribution in [0.25, 0.3) is 27.5 Å². The van der Waals surface area contributed by atoms with Crippen molar-refractivity contribution < 1.29 is 14.6 Å². The molecule has 2 aliphatic carbocycles. The predicted octanol–water partition coefficient (Wildman–Crippen LogP) is 7.17. The van der Waals surface area contributed by atoms with Crippen LogP contribution in [0.15, 0.2) is 108 Å². The highest BCUT2D eigenvalue weighted by molar-refractivity contribution is 6.13. The highest BCUT2D eigenvalue weighted by Crippen LogP contribution is 2.43. The zero-order chi connectivity index (χ0) is 31.8. The van der Waals surface area contributed by atoms with E-state index in [0.717, 1.165) is 59.4 Å². The number of hydrogen-bond acceptors (Lipinski definition) is 5. The predicted molar refractivity (Wildman–Crippen MR) is 185 cm³/mol. The Morgan fingerprint density at radius 1 is 1.02 bits per heavy atom. The van der Waals surface area contributed by atoms with E-state index in [1.165, 1.54) is 16.3 Å². The van der Waals surface area contributed by atoms with E-state index >= 15 is 0 Å². The Morgan fingerprint density at radius 2 is 1.76 bits per heavy atom. The lowest BCUT2D eigenvalue weighted by Crippen LogP contribution is -2.45. The average Bonchev–Trinajstić information content (AvgIpc) is 3.41. The molecular formula is C39H42N4O3. The maximum Gasteiger partial charge on any atom is 0.229 e. The Bertz CT molecular complexity index is 1890. The quantitative estimate of drug-likeness (QED) is 0.196. The number of fused-ring (bicyclic) bond motifs is 3. The summed E-state index contributed by atoms with van der Waals surface area (Å²) in [7, 11) is 0. The number of aliphatic hydroxyl groups is 1. The Balaban J connectivity index is 1.27. The van der Waals surface area contributed by atoms with Gasteiger partial charge in [0.2, 0.25) is 5.91 Å². The summed E-state index contributed by atoms with van der Waals surface area (Å²) in [6, 6.07) is 25.5. The van der Waals surface area contributed by atoms with Crippen LogP contribution in [0.5, 0.6) is 0 Å². The normalized spacial score (nSPS) is 26.4. The van der Waals surface area contributed by atoms with Crippen molar-refractivity contribution in [1.29, 1.82) is 0 Å². The molecule has 4 aromatic rings. The number of aliphatic imine (C=N–C) groups is 1. The third-order valence-electron chi connectivity index (χ3n) is 10.2. The van der Waals surface area contributed by atoms with Crippen LogP contribution in [-0.2, 0) is 16.1 Å². The fraction of sp³-hybridized carbons (Fsp3) is 0.333. The smallest absolute Gasteiger partial charge is 0.229 e. The number of para-hydroxylation sites is 1. The van der Waals surface area contributed by atoms with Gasteiger partial charge >= 0.3 is 0 Å². The molecule has 1 aliphatic heterocycles. The van der Waals surface area contributed by atoms with Crippen molar-refractivity contribution in [2.24, 2.45) is 22.1 Å². The van der Waals surface area contributed by atoms with Gasteiger partial charge in [0.05, 0.1) is 28.8 Å². The first kappa shape index (κ1) is 30.1. The monoisotopic (exact) mass is 614 g/mol. The Morgan fingerprint density at radius 3 is 2.54 bits per heavy atom. The first-order valence-electron chi connectivity index (χ1n) is 16.4. The summed E-state index contributed by atoms with van der Waals surface area (Å²) in [5.74, 6) is 0.674. The summed E-state index contributed by atoms with van der Waals surface area (Å²) in [5.41, 5.74) is 11.6. The van der Waals surface area contributed by atoms with Gasteiger partial charge in [0.15, 0.2) is 0 Å². The number of ether oxygens (including phenoxy) is 1. The molecule has 7 heteroatoms. The molecule has 3 aliphatic rings. The first-order valence-corrected chi connectivity index (χ1v) is 16.4. The van der Waals surface area contributed by atoms with E-state index in [-0.39, 0.29) is 29.9 Å². The van der Waals surface area contributed by atoms with Crippen LogP contribution in [-0.4, -0.2) is 33.9 Å². The lowest BCUT2D eigenvalue weighted by molar-refractivity contribution is -0.125. The van der Waals surface area contributed by atoms with Crippen molar-refractivity contribution in [3.05, 3.63) is 114 Å². The molecule has 1 saturated carbocycles. The van der Waals surface area contributed by atoms with Crippen molar-refractivity contribution in [2.75, 3.05) is 0 Å². The van der Waals surface area contributed by atoms with E-state index < -0.39 is 5.41 Å². The third-order valence-corrected chi connectivity index (χ3v) is 10.2.